The van der Waals surface area contributed by atoms with Gasteiger partial charge in [0.05, 0.1) is 6.07 Å². The predicted molar refractivity (Wildman–Crippen MR) is 97.8 cm³/mol. The summed E-state index contributed by atoms with van der Waals surface area (Å²) in [7, 11) is 0. The highest BCUT2D eigenvalue weighted by molar-refractivity contribution is 5.28. The van der Waals surface area contributed by atoms with Gasteiger partial charge in [0, 0.05) is 12.7 Å². The van der Waals surface area contributed by atoms with Crippen LogP contribution in [0.15, 0.2) is 11.6 Å². The molecule has 156 valence electrons. The van der Waals surface area contributed by atoms with Crippen LogP contribution in [0.25, 0.3) is 0 Å². The molecule has 4 fully saturated rings. The van der Waals surface area contributed by atoms with E-state index in [1.165, 1.54) is 5.57 Å². The molecule has 0 aliphatic heterocycles. The van der Waals surface area contributed by atoms with Gasteiger partial charge in [0.25, 0.3) is 0 Å². The zero-order valence-electron chi connectivity index (χ0n) is 16.4. The third kappa shape index (κ3) is 2.61. The average molecular weight is 397 g/mol. The summed E-state index contributed by atoms with van der Waals surface area (Å²) in [5.41, 5.74) is -1.86. The Morgan fingerprint density at radius 2 is 1.89 bits per heavy atom. The van der Waals surface area contributed by atoms with Crippen LogP contribution in [0.1, 0.15) is 64.7 Å². The summed E-state index contributed by atoms with van der Waals surface area (Å²) >= 11 is 0. The number of aliphatic hydroxyl groups excluding tert-OH is 1. The Kier molecular flexibility index (Phi) is 4.67. The second-order valence-electron chi connectivity index (χ2n) is 10.1. The number of allylic oxidation sites excluding steroid dienone is 2. The van der Waals surface area contributed by atoms with Crippen LogP contribution in [0.3, 0.4) is 0 Å². The molecule has 6 heteroatoms. The topological polar surface area (TPSA) is 64.2 Å². The third-order valence-electron chi connectivity index (χ3n) is 9.33. The van der Waals surface area contributed by atoms with Crippen LogP contribution >= 0.6 is 0 Å². The van der Waals surface area contributed by atoms with Gasteiger partial charge < -0.3 is 10.2 Å². The second kappa shape index (κ2) is 6.47. The van der Waals surface area contributed by atoms with Crippen LogP contribution in [0.5, 0.6) is 0 Å². The molecule has 0 amide bonds. The lowest BCUT2D eigenvalue weighted by Crippen LogP contribution is -2.60. The first kappa shape index (κ1) is 20.2. The molecule has 0 heterocycles. The van der Waals surface area contributed by atoms with Crippen LogP contribution in [0.2, 0.25) is 0 Å². The molecule has 4 aliphatic rings. The fraction of sp³-hybridized carbons (Fsp3) is 0.864. The minimum absolute atomic E-state index is 0.0156. The summed E-state index contributed by atoms with van der Waals surface area (Å²) in [5.74, 6) is 0.773. The minimum atomic E-state index is -4.61. The summed E-state index contributed by atoms with van der Waals surface area (Å²) in [6.07, 6.45) is 2.05. The van der Waals surface area contributed by atoms with Crippen molar-refractivity contribution in [1.82, 2.24) is 0 Å². The fourth-order valence-corrected chi connectivity index (χ4v) is 7.78. The van der Waals surface area contributed by atoms with Crippen LogP contribution in [0.4, 0.5) is 13.2 Å². The molecule has 4 aliphatic carbocycles. The zero-order chi connectivity index (χ0) is 20.4. The van der Waals surface area contributed by atoms with E-state index in [0.29, 0.717) is 18.3 Å². The molecule has 0 radical (unpaired) electrons. The van der Waals surface area contributed by atoms with Gasteiger partial charge in [0.15, 0.2) is 5.60 Å². The van der Waals surface area contributed by atoms with E-state index in [0.717, 1.165) is 32.1 Å². The maximum absolute atomic E-state index is 13.4. The van der Waals surface area contributed by atoms with Crippen molar-refractivity contribution in [2.24, 2.45) is 34.5 Å². The van der Waals surface area contributed by atoms with Crippen molar-refractivity contribution in [3.05, 3.63) is 11.6 Å². The van der Waals surface area contributed by atoms with Gasteiger partial charge in [-0.3, -0.25) is 0 Å². The molecule has 3 nitrogen and oxygen atoms in total. The van der Waals surface area contributed by atoms with Crippen LogP contribution < -0.4 is 0 Å². The molecule has 0 aromatic heterocycles. The second-order valence-corrected chi connectivity index (χ2v) is 10.1. The number of nitriles is 1. The number of hydrogen-bond donors (Lipinski definition) is 2. The van der Waals surface area contributed by atoms with Gasteiger partial charge in [-0.25, -0.2) is 0 Å². The highest BCUT2D eigenvalue weighted by Gasteiger charge is 2.65. The van der Waals surface area contributed by atoms with Crippen molar-refractivity contribution in [2.45, 2.75) is 76.5 Å². The Bertz CT molecular complexity index is 714. The van der Waals surface area contributed by atoms with Crippen molar-refractivity contribution in [3.8, 4) is 6.07 Å². The molecule has 0 aromatic rings. The number of hydrogen-bond acceptors (Lipinski definition) is 3. The molecule has 0 spiro atoms. The van der Waals surface area contributed by atoms with E-state index < -0.39 is 17.2 Å². The SMILES string of the molecule is CC12CCC3C(CCC4CC(O)(C(F)(F)F)CCC43CO)C1CCC2=CC#N. The Morgan fingerprint density at radius 1 is 1.14 bits per heavy atom. The summed E-state index contributed by atoms with van der Waals surface area (Å²) in [4.78, 5) is 0. The molecular formula is C22H30F3NO2. The zero-order valence-corrected chi connectivity index (χ0v) is 16.4. The van der Waals surface area contributed by atoms with Crippen LogP contribution in [0, 0.1) is 45.8 Å². The maximum Gasteiger partial charge on any atom is 0.417 e. The van der Waals surface area contributed by atoms with Gasteiger partial charge in [-0.15, -0.1) is 0 Å². The summed E-state index contributed by atoms with van der Waals surface area (Å²) in [5, 5.41) is 29.8. The Labute approximate surface area is 164 Å². The fourth-order valence-electron chi connectivity index (χ4n) is 7.78. The van der Waals surface area contributed by atoms with E-state index in [4.69, 9.17) is 5.26 Å². The molecule has 4 saturated carbocycles. The van der Waals surface area contributed by atoms with Gasteiger partial charge in [-0.05, 0) is 92.3 Å². The Hall–Kier alpha value is -1.06. The average Bonchev–Trinajstić information content (AvgIpc) is 2.97. The highest BCUT2D eigenvalue weighted by atomic mass is 19.4. The lowest BCUT2D eigenvalue weighted by atomic mass is 9.43. The summed E-state index contributed by atoms with van der Waals surface area (Å²) in [6.45, 7) is 2.17. The standard InChI is InChI=1S/C22H30F3NO2/c1-19-8-6-18-16(17(19)5-3-14(19)7-11-26)4-2-15-12-21(28,22(23,24)25)10-9-20(15,18)13-27/h7,15-18,27-28H,2-6,8-10,12-13H2,1H3. The maximum atomic E-state index is 13.4. The lowest BCUT2D eigenvalue weighted by molar-refractivity contribution is -0.293. The van der Waals surface area contributed by atoms with Gasteiger partial charge in [0.2, 0.25) is 0 Å². The molecule has 7 unspecified atom stereocenters. The summed E-state index contributed by atoms with van der Waals surface area (Å²) in [6, 6.07) is 2.19. The number of nitrogens with zero attached hydrogens (tertiary/aromatic N) is 1. The van der Waals surface area contributed by atoms with Crippen molar-refractivity contribution in [2.75, 3.05) is 6.61 Å². The van der Waals surface area contributed by atoms with E-state index >= 15 is 0 Å². The van der Waals surface area contributed by atoms with Gasteiger partial charge >= 0.3 is 6.18 Å². The molecule has 4 rings (SSSR count). The number of aliphatic hydroxyl groups is 2. The van der Waals surface area contributed by atoms with E-state index in [9.17, 15) is 23.4 Å². The van der Waals surface area contributed by atoms with Crippen LogP contribution in [-0.2, 0) is 0 Å². The van der Waals surface area contributed by atoms with E-state index in [1.807, 2.05) is 0 Å². The third-order valence-corrected chi connectivity index (χ3v) is 9.33. The lowest BCUT2D eigenvalue weighted by Gasteiger charge is -2.62. The first-order chi connectivity index (χ1) is 13.1. The number of halogens is 3. The quantitative estimate of drug-likeness (QED) is 0.628. The largest absolute Gasteiger partial charge is 0.417 e. The van der Waals surface area contributed by atoms with E-state index in [1.54, 1.807) is 6.08 Å². The monoisotopic (exact) mass is 397 g/mol. The van der Waals surface area contributed by atoms with Crippen molar-refractivity contribution in [1.29, 1.82) is 5.26 Å². The van der Waals surface area contributed by atoms with Crippen molar-refractivity contribution in [3.63, 3.8) is 0 Å². The molecule has 7 atom stereocenters. The Balaban J connectivity index is 1.63. The van der Waals surface area contributed by atoms with Crippen molar-refractivity contribution >= 4 is 0 Å². The molecule has 2 N–H and O–H groups in total. The van der Waals surface area contributed by atoms with Gasteiger partial charge in [-0.1, -0.05) is 12.5 Å². The number of alkyl halides is 3. The van der Waals surface area contributed by atoms with Crippen LogP contribution in [-0.4, -0.2) is 28.6 Å². The smallest absolute Gasteiger partial charge is 0.396 e. The first-order valence-corrected chi connectivity index (χ1v) is 10.6. The van der Waals surface area contributed by atoms with Gasteiger partial charge in [0.1, 0.15) is 0 Å². The Morgan fingerprint density at radius 3 is 2.54 bits per heavy atom. The minimum Gasteiger partial charge on any atom is -0.396 e. The molecule has 0 saturated heterocycles. The molecule has 28 heavy (non-hydrogen) atoms. The molecular weight excluding hydrogens is 367 g/mol. The normalized spacial score (nSPS) is 49.8. The number of fused-ring (bicyclic) bond motifs is 5. The van der Waals surface area contributed by atoms with E-state index in [2.05, 4.69) is 13.0 Å². The number of rotatable bonds is 1. The first-order valence-electron chi connectivity index (χ1n) is 10.6. The molecule has 0 aromatic carbocycles. The van der Waals surface area contributed by atoms with Crippen molar-refractivity contribution < 1.29 is 23.4 Å². The van der Waals surface area contributed by atoms with Gasteiger partial charge in [-0.2, -0.15) is 18.4 Å². The van der Waals surface area contributed by atoms with E-state index in [-0.39, 0.29) is 43.1 Å². The predicted octanol–water partition coefficient (Wildman–Crippen LogP) is 4.74. The molecule has 0 bridgehead atoms. The highest BCUT2D eigenvalue weighted by Crippen LogP contribution is 2.68. The summed E-state index contributed by atoms with van der Waals surface area (Å²) < 4.78 is 40.3.